The molecule has 0 amide bonds. The van der Waals surface area contributed by atoms with E-state index in [0.29, 0.717) is 12.3 Å². The van der Waals surface area contributed by atoms with Crippen LogP contribution in [-0.4, -0.2) is 17.3 Å². The molecule has 0 unspecified atom stereocenters. The molecule has 3 heteroatoms. The molecular formula is C15H30O3. The van der Waals surface area contributed by atoms with Gasteiger partial charge in [0, 0.05) is 18.8 Å². The molecule has 0 N–H and O–H groups in total. The van der Waals surface area contributed by atoms with Crippen molar-refractivity contribution in [2.24, 2.45) is 11.8 Å². The van der Waals surface area contributed by atoms with Crippen molar-refractivity contribution in [1.29, 1.82) is 0 Å². The Hall–Kier alpha value is -0.990. The van der Waals surface area contributed by atoms with Gasteiger partial charge in [-0.15, -0.1) is 0 Å². The average molecular weight is 258 g/mol. The van der Waals surface area contributed by atoms with Gasteiger partial charge in [-0.3, -0.25) is 4.79 Å². The van der Waals surface area contributed by atoms with Gasteiger partial charge < -0.3 is 9.59 Å². The van der Waals surface area contributed by atoms with E-state index in [9.17, 15) is 14.4 Å². The van der Waals surface area contributed by atoms with Crippen LogP contribution >= 0.6 is 0 Å². The van der Waals surface area contributed by atoms with Crippen molar-refractivity contribution >= 4 is 17.3 Å². The van der Waals surface area contributed by atoms with Gasteiger partial charge in [-0.1, -0.05) is 34.6 Å². The average Bonchev–Trinajstić information content (AvgIpc) is 2.17. The highest BCUT2D eigenvalue weighted by Gasteiger charge is 1.95. The molecular weight excluding hydrogens is 228 g/mol. The largest absolute Gasteiger partial charge is 0.300 e. The van der Waals surface area contributed by atoms with Crippen LogP contribution in [-0.2, 0) is 14.4 Å². The molecule has 0 aliphatic heterocycles. The molecule has 108 valence electrons. The van der Waals surface area contributed by atoms with Crippen LogP contribution in [0.25, 0.3) is 0 Å². The third kappa shape index (κ3) is 36.3. The summed E-state index contributed by atoms with van der Waals surface area (Å²) in [6.45, 7) is 14.5. The van der Waals surface area contributed by atoms with E-state index in [1.165, 1.54) is 0 Å². The van der Waals surface area contributed by atoms with Crippen LogP contribution in [0.2, 0.25) is 0 Å². The summed E-state index contributed by atoms with van der Waals surface area (Å²) in [5.74, 6) is 1.54. The highest BCUT2D eigenvalue weighted by molar-refractivity contribution is 5.77. The second-order valence-corrected chi connectivity index (χ2v) is 5.12. The number of hydrogen-bond donors (Lipinski definition) is 0. The highest BCUT2D eigenvalue weighted by atomic mass is 16.1. The Balaban J connectivity index is -0.000000190. The molecule has 0 bridgehead atoms. The normalized spacial score (nSPS) is 9.00. The van der Waals surface area contributed by atoms with Crippen LogP contribution < -0.4 is 0 Å². The second kappa shape index (κ2) is 14.1. The predicted molar refractivity (Wildman–Crippen MR) is 76.6 cm³/mol. The standard InChI is InChI=1S/C6H12O.C5H10O.C4H8O/c1-5(2)4-6(3)7;1-4(2)5(3)6;1-3-4(2)5/h5H,4H2,1-3H3;4H,1-3H3;3H2,1-2H3. The van der Waals surface area contributed by atoms with Gasteiger partial charge in [0.05, 0.1) is 0 Å². The first-order chi connectivity index (χ1) is 8.04. The molecule has 0 aliphatic rings. The highest BCUT2D eigenvalue weighted by Crippen LogP contribution is 1.97. The van der Waals surface area contributed by atoms with Gasteiger partial charge in [0.2, 0.25) is 0 Å². The number of carbonyl (C=O) groups excluding carboxylic acids is 3. The molecule has 0 atom stereocenters. The maximum atomic E-state index is 10.3. The van der Waals surface area contributed by atoms with E-state index in [0.717, 1.165) is 6.42 Å². The first-order valence-electron chi connectivity index (χ1n) is 6.53. The Bertz CT molecular complexity index is 240. The van der Waals surface area contributed by atoms with Crippen molar-refractivity contribution in [2.45, 2.75) is 68.2 Å². The van der Waals surface area contributed by atoms with Crippen LogP contribution in [0.1, 0.15) is 68.2 Å². The minimum absolute atomic E-state index is 0.213. The lowest BCUT2D eigenvalue weighted by molar-refractivity contribution is -0.120. The van der Waals surface area contributed by atoms with Crippen molar-refractivity contribution in [3.05, 3.63) is 0 Å². The quantitative estimate of drug-likeness (QED) is 0.770. The Morgan fingerprint density at radius 3 is 1.11 bits per heavy atom. The summed E-state index contributed by atoms with van der Waals surface area (Å²) < 4.78 is 0. The lowest BCUT2D eigenvalue weighted by Crippen LogP contribution is -1.98. The van der Waals surface area contributed by atoms with Crippen LogP contribution in [0.5, 0.6) is 0 Å². The molecule has 0 aromatic heterocycles. The second-order valence-electron chi connectivity index (χ2n) is 5.12. The SMILES string of the molecule is CC(=O)C(C)C.CC(=O)CC(C)C.CCC(C)=O. The molecule has 0 radical (unpaired) electrons. The maximum Gasteiger partial charge on any atom is 0.132 e. The summed E-state index contributed by atoms with van der Waals surface area (Å²) in [5.41, 5.74) is 0. The number of rotatable bonds is 4. The van der Waals surface area contributed by atoms with E-state index >= 15 is 0 Å². The number of carbonyl (C=O) groups is 3. The van der Waals surface area contributed by atoms with Crippen LogP contribution in [0.3, 0.4) is 0 Å². The van der Waals surface area contributed by atoms with E-state index in [-0.39, 0.29) is 23.3 Å². The summed E-state index contributed by atoms with van der Waals surface area (Å²) in [4.78, 5) is 30.2. The minimum Gasteiger partial charge on any atom is -0.300 e. The molecule has 0 saturated heterocycles. The minimum atomic E-state index is 0.213. The van der Waals surface area contributed by atoms with Gasteiger partial charge in [0.1, 0.15) is 17.3 Å². The van der Waals surface area contributed by atoms with Gasteiger partial charge in [-0.05, 0) is 26.7 Å². The molecule has 3 nitrogen and oxygen atoms in total. The number of hydrogen-bond acceptors (Lipinski definition) is 3. The van der Waals surface area contributed by atoms with E-state index < -0.39 is 0 Å². The third-order valence-electron chi connectivity index (χ3n) is 2.01. The Morgan fingerprint density at radius 1 is 0.833 bits per heavy atom. The van der Waals surface area contributed by atoms with Crippen LogP contribution in [0, 0.1) is 11.8 Å². The number of Topliss-reactive ketones (excluding diaryl/α,β-unsaturated/α-hetero) is 3. The fourth-order valence-corrected chi connectivity index (χ4v) is 0.575. The first kappa shape index (κ1) is 22.2. The first-order valence-corrected chi connectivity index (χ1v) is 6.53. The van der Waals surface area contributed by atoms with Crippen molar-refractivity contribution in [2.75, 3.05) is 0 Å². The van der Waals surface area contributed by atoms with Gasteiger partial charge in [-0.2, -0.15) is 0 Å². The Labute approximate surface area is 112 Å². The van der Waals surface area contributed by atoms with Crippen molar-refractivity contribution < 1.29 is 14.4 Å². The smallest absolute Gasteiger partial charge is 0.132 e. The topological polar surface area (TPSA) is 51.2 Å². The molecule has 0 rings (SSSR count). The molecule has 0 aliphatic carbocycles. The molecule has 18 heavy (non-hydrogen) atoms. The molecule has 0 aromatic rings. The van der Waals surface area contributed by atoms with E-state index in [1.807, 2.05) is 34.6 Å². The summed E-state index contributed by atoms with van der Waals surface area (Å²) in [5, 5.41) is 0. The van der Waals surface area contributed by atoms with Gasteiger partial charge >= 0.3 is 0 Å². The van der Waals surface area contributed by atoms with Gasteiger partial charge in [0.25, 0.3) is 0 Å². The Kier molecular flexibility index (Phi) is 17.4. The molecule has 0 spiro atoms. The summed E-state index contributed by atoms with van der Waals surface area (Å²) >= 11 is 0. The fraction of sp³-hybridized carbons (Fsp3) is 0.800. The monoisotopic (exact) mass is 258 g/mol. The zero-order valence-electron chi connectivity index (χ0n) is 13.3. The Morgan fingerprint density at radius 2 is 1.11 bits per heavy atom. The van der Waals surface area contributed by atoms with E-state index in [1.54, 1.807) is 20.8 Å². The van der Waals surface area contributed by atoms with E-state index in [4.69, 9.17) is 0 Å². The van der Waals surface area contributed by atoms with Crippen LogP contribution in [0.15, 0.2) is 0 Å². The van der Waals surface area contributed by atoms with Crippen molar-refractivity contribution in [3.8, 4) is 0 Å². The molecule has 0 fully saturated rings. The number of ketones is 3. The lowest BCUT2D eigenvalue weighted by atomic mass is 10.1. The summed E-state index contributed by atoms with van der Waals surface area (Å²) in [7, 11) is 0. The van der Waals surface area contributed by atoms with Gasteiger partial charge in [-0.25, -0.2) is 0 Å². The molecule has 0 heterocycles. The zero-order chi connectivity index (χ0) is 15.3. The van der Waals surface area contributed by atoms with Crippen LogP contribution in [0.4, 0.5) is 0 Å². The zero-order valence-corrected chi connectivity index (χ0v) is 13.3. The molecule has 0 saturated carbocycles. The third-order valence-corrected chi connectivity index (χ3v) is 2.01. The van der Waals surface area contributed by atoms with Crippen molar-refractivity contribution in [3.63, 3.8) is 0 Å². The summed E-state index contributed by atoms with van der Waals surface area (Å²) in [6.07, 6.45) is 1.39. The predicted octanol–water partition coefficient (Wildman–Crippen LogP) is 3.84. The lowest BCUT2D eigenvalue weighted by Gasteiger charge is -1.95. The molecule has 0 aromatic carbocycles. The van der Waals surface area contributed by atoms with Gasteiger partial charge in [0.15, 0.2) is 0 Å². The summed E-state index contributed by atoms with van der Waals surface area (Å²) in [6, 6.07) is 0. The van der Waals surface area contributed by atoms with E-state index in [2.05, 4.69) is 0 Å². The fourth-order valence-electron chi connectivity index (χ4n) is 0.575. The van der Waals surface area contributed by atoms with Crippen molar-refractivity contribution in [1.82, 2.24) is 0 Å². The maximum absolute atomic E-state index is 10.3.